The highest BCUT2D eigenvalue weighted by Gasteiger charge is 2.59. The fourth-order valence-corrected chi connectivity index (χ4v) is 6.87. The summed E-state index contributed by atoms with van der Waals surface area (Å²) in [5.41, 5.74) is -0.478. The molecule has 0 aliphatic heterocycles. The van der Waals surface area contributed by atoms with Crippen LogP contribution in [0.25, 0.3) is 0 Å². The molecule has 6 nitrogen and oxygen atoms in total. The average Bonchev–Trinajstić information content (AvgIpc) is 2.67. The second-order valence-corrected chi connectivity index (χ2v) is 11.5. The molecule has 8 heteroatoms. The molecule has 31 heavy (non-hydrogen) atoms. The third-order valence-corrected chi connectivity index (χ3v) is 8.57. The fourth-order valence-electron chi connectivity index (χ4n) is 6.58. The molecular formula is C23H30FO6S-. The quantitative estimate of drug-likeness (QED) is 0.431. The van der Waals surface area contributed by atoms with Gasteiger partial charge in [0.15, 0.2) is 11.6 Å². The molecule has 0 saturated heterocycles. The molecule has 1 aromatic carbocycles. The summed E-state index contributed by atoms with van der Waals surface area (Å²) >= 11 is 0. The number of halogens is 1. The number of carbonyl (C=O) groups is 1. The van der Waals surface area contributed by atoms with Crippen molar-refractivity contribution in [3.63, 3.8) is 0 Å². The minimum absolute atomic E-state index is 0.00555. The van der Waals surface area contributed by atoms with Gasteiger partial charge in [0, 0.05) is 5.41 Å². The maximum absolute atomic E-state index is 14.7. The van der Waals surface area contributed by atoms with Gasteiger partial charge in [0.2, 0.25) is 0 Å². The molecule has 1 unspecified atom stereocenters. The number of rotatable bonds is 8. The number of esters is 1. The summed E-state index contributed by atoms with van der Waals surface area (Å²) in [4.78, 5) is 12.3. The molecule has 5 rings (SSSR count). The molecule has 0 heterocycles. The standard InChI is InChI=1S/C23H31FO6S/c1-3-22(2,23-12-15-8-16(13-23)10-17(9-15)14-23)30-20-11-18(4-5-19(20)24)21(25)29-6-7-31(26,27)28/h4-5,11,15-17H,3,6-10,12-14H2,1-2H3,(H,26,27,28)/p-1. The molecule has 4 fully saturated rings. The van der Waals surface area contributed by atoms with E-state index in [1.54, 1.807) is 0 Å². The number of hydrogen-bond donors (Lipinski definition) is 0. The number of benzene rings is 1. The van der Waals surface area contributed by atoms with Gasteiger partial charge >= 0.3 is 5.97 Å². The van der Waals surface area contributed by atoms with E-state index in [0.29, 0.717) is 0 Å². The van der Waals surface area contributed by atoms with Crippen molar-refractivity contribution in [1.82, 2.24) is 0 Å². The largest absolute Gasteiger partial charge is 0.748 e. The molecule has 4 aliphatic rings. The molecule has 0 spiro atoms. The highest BCUT2D eigenvalue weighted by Crippen LogP contribution is 2.64. The smallest absolute Gasteiger partial charge is 0.338 e. The Hall–Kier alpha value is -1.67. The van der Waals surface area contributed by atoms with E-state index in [2.05, 4.69) is 13.8 Å². The van der Waals surface area contributed by atoms with E-state index in [0.717, 1.165) is 49.5 Å². The molecule has 0 radical (unpaired) electrons. The Morgan fingerprint density at radius 1 is 1.19 bits per heavy atom. The summed E-state index contributed by atoms with van der Waals surface area (Å²) in [7, 11) is -4.48. The Bertz CT molecular complexity index is 924. The third kappa shape index (κ3) is 4.46. The van der Waals surface area contributed by atoms with Gasteiger partial charge in [-0.15, -0.1) is 0 Å². The number of ether oxygens (including phenoxy) is 2. The van der Waals surface area contributed by atoms with Gasteiger partial charge < -0.3 is 14.0 Å². The van der Waals surface area contributed by atoms with Crippen LogP contribution in [0.5, 0.6) is 5.75 Å². The van der Waals surface area contributed by atoms with Gasteiger partial charge in [-0.1, -0.05) is 6.92 Å². The molecule has 172 valence electrons. The van der Waals surface area contributed by atoms with Crippen LogP contribution in [0.1, 0.15) is 69.2 Å². The average molecular weight is 454 g/mol. The Kier molecular flexibility index (Phi) is 5.83. The molecule has 4 aliphatic carbocycles. The molecule has 1 atom stereocenters. The van der Waals surface area contributed by atoms with Crippen LogP contribution in [0, 0.1) is 29.0 Å². The Balaban J connectivity index is 1.54. The maximum atomic E-state index is 14.7. The van der Waals surface area contributed by atoms with Gasteiger partial charge in [0.05, 0.1) is 21.4 Å². The molecular weight excluding hydrogens is 423 g/mol. The van der Waals surface area contributed by atoms with Crippen molar-refractivity contribution in [3.05, 3.63) is 29.6 Å². The fraction of sp³-hybridized carbons (Fsp3) is 0.696. The predicted molar refractivity (Wildman–Crippen MR) is 111 cm³/mol. The van der Waals surface area contributed by atoms with Crippen molar-refractivity contribution in [3.8, 4) is 5.75 Å². The first kappa shape index (κ1) is 22.5. The summed E-state index contributed by atoms with van der Waals surface area (Å²) in [5.74, 6) is 0.0107. The zero-order valence-electron chi connectivity index (χ0n) is 18.1. The first-order valence-corrected chi connectivity index (χ1v) is 12.7. The third-order valence-electron chi connectivity index (χ3n) is 7.90. The predicted octanol–water partition coefficient (Wildman–Crippen LogP) is 4.29. The zero-order valence-corrected chi connectivity index (χ0v) is 18.9. The van der Waals surface area contributed by atoms with Gasteiger partial charge in [-0.3, -0.25) is 0 Å². The molecule has 4 bridgehead atoms. The van der Waals surface area contributed by atoms with E-state index < -0.39 is 39.9 Å². The highest BCUT2D eigenvalue weighted by molar-refractivity contribution is 7.85. The van der Waals surface area contributed by atoms with Gasteiger partial charge in [-0.2, -0.15) is 0 Å². The van der Waals surface area contributed by atoms with Gasteiger partial charge in [-0.25, -0.2) is 17.6 Å². The van der Waals surface area contributed by atoms with Crippen LogP contribution in [0.2, 0.25) is 0 Å². The van der Waals surface area contributed by atoms with Crippen molar-refractivity contribution < 1.29 is 31.6 Å². The summed E-state index contributed by atoms with van der Waals surface area (Å²) in [6.45, 7) is 3.60. The lowest BCUT2D eigenvalue weighted by molar-refractivity contribution is -0.160. The Morgan fingerprint density at radius 2 is 1.77 bits per heavy atom. The van der Waals surface area contributed by atoms with Gasteiger partial charge in [-0.05, 0) is 87.8 Å². The van der Waals surface area contributed by atoms with Crippen LogP contribution in [0.4, 0.5) is 4.39 Å². The molecule has 4 saturated carbocycles. The summed E-state index contributed by atoms with van der Waals surface area (Å²) in [6.07, 6.45) is 7.95. The van der Waals surface area contributed by atoms with Gasteiger partial charge in [0.1, 0.15) is 12.2 Å². The first-order chi connectivity index (χ1) is 14.5. The lowest BCUT2D eigenvalue weighted by atomic mass is 9.45. The minimum Gasteiger partial charge on any atom is -0.748 e. The zero-order chi connectivity index (χ0) is 22.4. The van der Waals surface area contributed by atoms with Crippen LogP contribution in [0.15, 0.2) is 18.2 Å². The van der Waals surface area contributed by atoms with Crippen LogP contribution in [0.3, 0.4) is 0 Å². The Labute approximate surface area is 183 Å². The van der Waals surface area contributed by atoms with E-state index in [1.807, 2.05) is 0 Å². The van der Waals surface area contributed by atoms with E-state index in [9.17, 15) is 22.2 Å². The van der Waals surface area contributed by atoms with Crippen LogP contribution in [-0.4, -0.2) is 36.9 Å². The van der Waals surface area contributed by atoms with Crippen LogP contribution >= 0.6 is 0 Å². The van der Waals surface area contributed by atoms with Crippen LogP contribution < -0.4 is 4.74 Å². The lowest BCUT2D eigenvalue weighted by Gasteiger charge is -2.62. The van der Waals surface area contributed by atoms with E-state index in [-0.39, 0.29) is 16.7 Å². The molecule has 0 N–H and O–H groups in total. The number of hydrogen-bond acceptors (Lipinski definition) is 6. The van der Waals surface area contributed by atoms with Crippen molar-refractivity contribution in [2.75, 3.05) is 12.4 Å². The summed E-state index contributed by atoms with van der Waals surface area (Å²) in [5, 5.41) is 0. The Morgan fingerprint density at radius 3 is 2.29 bits per heavy atom. The SMILES string of the molecule is CCC(C)(Oc1cc(C(=O)OCCS(=O)(=O)[O-])ccc1F)C12CC3CC(CC(C3)C1)C2. The van der Waals surface area contributed by atoms with Crippen LogP contribution in [-0.2, 0) is 14.9 Å². The van der Waals surface area contributed by atoms with E-state index in [1.165, 1.54) is 31.4 Å². The number of carbonyl (C=O) groups excluding carboxylic acids is 1. The molecule has 1 aromatic rings. The first-order valence-electron chi connectivity index (χ1n) is 11.1. The second kappa shape index (κ2) is 8.03. The molecule has 0 aromatic heterocycles. The van der Waals surface area contributed by atoms with Crippen molar-refractivity contribution in [1.29, 1.82) is 0 Å². The highest BCUT2D eigenvalue weighted by atomic mass is 32.2. The topological polar surface area (TPSA) is 92.7 Å². The summed E-state index contributed by atoms with van der Waals surface area (Å²) < 4.78 is 58.0. The van der Waals surface area contributed by atoms with Crippen molar-refractivity contribution >= 4 is 16.1 Å². The molecule has 0 amide bonds. The normalized spacial score (nSPS) is 31.3. The van der Waals surface area contributed by atoms with Crippen molar-refractivity contribution in [2.45, 2.75) is 64.4 Å². The van der Waals surface area contributed by atoms with E-state index >= 15 is 0 Å². The second-order valence-electron chi connectivity index (χ2n) is 9.93. The van der Waals surface area contributed by atoms with E-state index in [4.69, 9.17) is 9.47 Å². The van der Waals surface area contributed by atoms with Gasteiger partial charge in [0.25, 0.3) is 0 Å². The minimum atomic E-state index is -4.48. The maximum Gasteiger partial charge on any atom is 0.338 e. The monoisotopic (exact) mass is 453 g/mol. The summed E-state index contributed by atoms with van der Waals surface area (Å²) in [6, 6.07) is 3.74. The lowest BCUT2D eigenvalue weighted by Crippen LogP contribution is -2.59. The van der Waals surface area contributed by atoms with Crippen molar-refractivity contribution in [2.24, 2.45) is 23.2 Å².